The fraction of sp³-hybridized carbons (Fsp3) is 0.622. The number of hydrogen-bond donors (Lipinski definition) is 0. The van der Waals surface area contributed by atoms with Crippen LogP contribution in [0.2, 0.25) is 0 Å². The fourth-order valence-electron chi connectivity index (χ4n) is 4.50. The Morgan fingerprint density at radius 2 is 1.18 bits per heavy atom. The van der Waals surface area contributed by atoms with Crippen molar-refractivity contribution in [1.29, 1.82) is 0 Å². The molecule has 1 aromatic rings. The number of carbonyl (C=O) groups is 4. The first kappa shape index (κ1) is 39.6. The first-order valence-electron chi connectivity index (χ1n) is 16.2. The zero-order valence-electron chi connectivity index (χ0n) is 28.9. The average molecular weight is 629 g/mol. The third-order valence-electron chi connectivity index (χ3n) is 6.82. The van der Waals surface area contributed by atoms with Crippen LogP contribution in [-0.2, 0) is 44.7 Å². The second kappa shape index (κ2) is 19.9. The van der Waals surface area contributed by atoms with E-state index >= 15 is 0 Å². The number of benzene rings is 1. The Morgan fingerprint density at radius 3 is 1.64 bits per heavy atom. The lowest BCUT2D eigenvalue weighted by atomic mass is 9.77. The second-order valence-corrected chi connectivity index (χ2v) is 13.6. The van der Waals surface area contributed by atoms with Crippen LogP contribution in [-0.4, -0.2) is 41.7 Å². The number of ether oxygens (including phenoxy) is 4. The molecule has 0 bridgehead atoms. The Balaban J connectivity index is 2.84. The SMILES string of the molecule is C/C=C\C=C(/C)COC(=O)CCCCCC(CCCCCC(=O)OCc1ccccc1)(C(=O)OC(C)(C)C)C(=O)OC(C)(C)C. The number of esters is 4. The Morgan fingerprint density at radius 1 is 0.689 bits per heavy atom. The lowest BCUT2D eigenvalue weighted by Crippen LogP contribution is -2.46. The Labute approximate surface area is 270 Å². The lowest BCUT2D eigenvalue weighted by Gasteiger charge is -2.35. The highest BCUT2D eigenvalue weighted by molar-refractivity contribution is 6.00. The van der Waals surface area contributed by atoms with Crippen LogP contribution in [0, 0.1) is 5.41 Å². The predicted octanol–water partition coefficient (Wildman–Crippen LogP) is 8.37. The molecule has 0 radical (unpaired) electrons. The van der Waals surface area contributed by atoms with Gasteiger partial charge in [-0.25, -0.2) is 0 Å². The molecule has 0 N–H and O–H groups in total. The minimum Gasteiger partial charge on any atom is -0.461 e. The minimum atomic E-state index is -1.50. The second-order valence-electron chi connectivity index (χ2n) is 13.6. The van der Waals surface area contributed by atoms with E-state index in [0.29, 0.717) is 38.5 Å². The summed E-state index contributed by atoms with van der Waals surface area (Å²) in [7, 11) is 0. The summed E-state index contributed by atoms with van der Waals surface area (Å²) in [6, 6.07) is 9.50. The lowest BCUT2D eigenvalue weighted by molar-refractivity contribution is -0.187. The standard InChI is InChI=1S/C37H56O8/c1-9-10-20-29(2)27-42-31(38)23-16-12-18-25-37(33(40)44-35(3,4)5,34(41)45-36(6,7)8)26-19-13-17-24-32(39)43-28-30-21-14-11-15-22-30/h9-11,14-15,20-22H,12-13,16-19,23-28H2,1-8H3/b10-9-,29-20+. The molecule has 0 aromatic heterocycles. The van der Waals surface area contributed by atoms with Crippen molar-refractivity contribution in [3.63, 3.8) is 0 Å². The van der Waals surface area contributed by atoms with Gasteiger partial charge in [0.1, 0.15) is 24.4 Å². The van der Waals surface area contributed by atoms with Crippen LogP contribution < -0.4 is 0 Å². The van der Waals surface area contributed by atoms with Gasteiger partial charge < -0.3 is 18.9 Å². The smallest absolute Gasteiger partial charge is 0.324 e. The maximum absolute atomic E-state index is 13.7. The predicted molar refractivity (Wildman–Crippen MR) is 176 cm³/mol. The zero-order chi connectivity index (χ0) is 33.9. The van der Waals surface area contributed by atoms with E-state index < -0.39 is 28.6 Å². The van der Waals surface area contributed by atoms with E-state index in [9.17, 15) is 19.2 Å². The van der Waals surface area contributed by atoms with E-state index in [4.69, 9.17) is 18.9 Å². The molecule has 1 aromatic carbocycles. The highest BCUT2D eigenvalue weighted by Crippen LogP contribution is 2.38. The van der Waals surface area contributed by atoms with Crippen molar-refractivity contribution in [1.82, 2.24) is 0 Å². The van der Waals surface area contributed by atoms with Crippen molar-refractivity contribution in [3.8, 4) is 0 Å². The molecular formula is C37H56O8. The monoisotopic (exact) mass is 628 g/mol. The van der Waals surface area contributed by atoms with Gasteiger partial charge in [0.05, 0.1) is 0 Å². The first-order chi connectivity index (χ1) is 21.1. The van der Waals surface area contributed by atoms with E-state index in [1.165, 1.54) is 0 Å². The Kier molecular flexibility index (Phi) is 17.5. The van der Waals surface area contributed by atoms with Crippen molar-refractivity contribution >= 4 is 23.9 Å². The van der Waals surface area contributed by atoms with Gasteiger partial charge >= 0.3 is 23.9 Å². The number of carbonyl (C=O) groups excluding carboxylic acids is 4. The van der Waals surface area contributed by atoms with Gasteiger partial charge in [-0.2, -0.15) is 0 Å². The van der Waals surface area contributed by atoms with Crippen molar-refractivity contribution in [3.05, 3.63) is 59.7 Å². The van der Waals surface area contributed by atoms with E-state index in [0.717, 1.165) is 11.1 Å². The first-order valence-corrected chi connectivity index (χ1v) is 16.2. The third kappa shape index (κ3) is 17.6. The summed E-state index contributed by atoms with van der Waals surface area (Å²) in [6.45, 7) is 14.9. The molecule has 0 aliphatic rings. The molecule has 0 amide bonds. The molecule has 0 aliphatic heterocycles. The molecular weight excluding hydrogens is 572 g/mol. The molecule has 0 aliphatic carbocycles. The molecule has 0 fully saturated rings. The van der Waals surface area contributed by atoms with Crippen LogP contribution in [0.4, 0.5) is 0 Å². The van der Waals surface area contributed by atoms with Gasteiger partial charge in [-0.3, -0.25) is 19.2 Å². The van der Waals surface area contributed by atoms with Crippen LogP contribution in [0.15, 0.2) is 54.1 Å². The van der Waals surface area contributed by atoms with Crippen LogP contribution in [0.3, 0.4) is 0 Å². The molecule has 0 heterocycles. The van der Waals surface area contributed by atoms with Gasteiger partial charge in [0.2, 0.25) is 0 Å². The van der Waals surface area contributed by atoms with Gasteiger partial charge in [0, 0.05) is 12.8 Å². The molecule has 8 nitrogen and oxygen atoms in total. The van der Waals surface area contributed by atoms with E-state index in [1.54, 1.807) is 41.5 Å². The number of unbranched alkanes of at least 4 members (excludes halogenated alkanes) is 4. The van der Waals surface area contributed by atoms with Crippen molar-refractivity contribution in [2.24, 2.45) is 5.41 Å². The van der Waals surface area contributed by atoms with Crippen LogP contribution in [0.25, 0.3) is 0 Å². The molecule has 0 atom stereocenters. The summed E-state index contributed by atoms with van der Waals surface area (Å²) >= 11 is 0. The minimum absolute atomic E-state index is 0.227. The van der Waals surface area contributed by atoms with Crippen LogP contribution in [0.5, 0.6) is 0 Å². The summed E-state index contributed by atoms with van der Waals surface area (Å²) in [5.74, 6) is -1.77. The zero-order valence-corrected chi connectivity index (χ0v) is 28.9. The van der Waals surface area contributed by atoms with Gasteiger partial charge in [-0.05, 0) is 92.2 Å². The summed E-state index contributed by atoms with van der Waals surface area (Å²) in [6.07, 6.45) is 10.1. The molecule has 0 spiro atoms. The maximum Gasteiger partial charge on any atom is 0.324 e. The van der Waals surface area contributed by atoms with Crippen molar-refractivity contribution in [2.75, 3.05) is 6.61 Å². The molecule has 252 valence electrons. The van der Waals surface area contributed by atoms with Gasteiger partial charge in [0.25, 0.3) is 0 Å². The summed E-state index contributed by atoms with van der Waals surface area (Å²) in [5.41, 5.74) is -1.21. The summed E-state index contributed by atoms with van der Waals surface area (Å²) in [5, 5.41) is 0. The maximum atomic E-state index is 13.7. The Hall–Kier alpha value is -3.42. The highest BCUT2D eigenvalue weighted by Gasteiger charge is 2.50. The van der Waals surface area contributed by atoms with E-state index in [-0.39, 0.29) is 50.8 Å². The topological polar surface area (TPSA) is 105 Å². The van der Waals surface area contributed by atoms with Gasteiger partial charge in [-0.1, -0.05) is 74.2 Å². The summed E-state index contributed by atoms with van der Waals surface area (Å²) in [4.78, 5) is 51.9. The number of allylic oxidation sites excluding steroid dienone is 3. The molecule has 8 heteroatoms. The molecule has 1 rings (SSSR count). The quantitative estimate of drug-likeness (QED) is 0.0495. The number of rotatable bonds is 19. The fourth-order valence-corrected chi connectivity index (χ4v) is 4.50. The largest absolute Gasteiger partial charge is 0.461 e. The molecule has 0 saturated heterocycles. The third-order valence-corrected chi connectivity index (χ3v) is 6.82. The Bertz CT molecular complexity index is 1090. The van der Waals surface area contributed by atoms with Crippen molar-refractivity contribution in [2.45, 2.75) is 137 Å². The molecule has 45 heavy (non-hydrogen) atoms. The number of hydrogen-bond acceptors (Lipinski definition) is 8. The van der Waals surface area contributed by atoms with E-state index in [2.05, 4.69) is 0 Å². The van der Waals surface area contributed by atoms with Gasteiger partial charge in [-0.15, -0.1) is 0 Å². The van der Waals surface area contributed by atoms with Crippen LogP contribution >= 0.6 is 0 Å². The molecule has 0 saturated carbocycles. The normalized spacial score (nSPS) is 12.6. The molecule has 0 unspecified atom stereocenters. The van der Waals surface area contributed by atoms with Gasteiger partial charge in [0.15, 0.2) is 5.41 Å². The van der Waals surface area contributed by atoms with Crippen molar-refractivity contribution < 1.29 is 38.1 Å². The van der Waals surface area contributed by atoms with Crippen LogP contribution in [0.1, 0.15) is 125 Å². The average Bonchev–Trinajstić information content (AvgIpc) is 2.95. The van der Waals surface area contributed by atoms with E-state index in [1.807, 2.05) is 62.4 Å². The highest BCUT2D eigenvalue weighted by atomic mass is 16.6. The summed E-state index contributed by atoms with van der Waals surface area (Å²) < 4.78 is 22.3.